The SMILES string of the molecule is CCC1(c2cccc3oc4ccc(N(c5ccc(-c6cccc7cccc(-c8ccccc8)c67)cc5)c5ccc6c(c5)C(C)(C)c5ccccc5-6)cc4c23)CCC(C)C1. The van der Waals surface area contributed by atoms with Gasteiger partial charge in [0, 0.05) is 33.2 Å². The van der Waals surface area contributed by atoms with E-state index in [1.807, 2.05) is 0 Å². The van der Waals surface area contributed by atoms with E-state index in [1.165, 1.54) is 90.9 Å². The highest BCUT2D eigenvalue weighted by molar-refractivity contribution is 6.09. The zero-order chi connectivity index (χ0) is 39.9. The lowest BCUT2D eigenvalue weighted by Crippen LogP contribution is -2.21. The summed E-state index contributed by atoms with van der Waals surface area (Å²) in [6.45, 7) is 9.54. The van der Waals surface area contributed by atoms with Crippen LogP contribution in [-0.4, -0.2) is 0 Å². The Morgan fingerprint density at radius 2 is 1.17 bits per heavy atom. The number of rotatable bonds is 7. The number of furan rings is 1. The van der Waals surface area contributed by atoms with E-state index in [-0.39, 0.29) is 10.8 Å². The van der Waals surface area contributed by atoms with Crippen LogP contribution in [0.2, 0.25) is 0 Å². The van der Waals surface area contributed by atoms with Crippen LogP contribution in [0.1, 0.15) is 70.1 Å². The molecule has 1 fully saturated rings. The van der Waals surface area contributed by atoms with Gasteiger partial charge in [-0.05, 0) is 146 Å². The number of nitrogens with zero attached hydrogens (tertiary/aromatic N) is 1. The third-order valence-electron chi connectivity index (χ3n) is 14.1. The van der Waals surface area contributed by atoms with Crippen molar-refractivity contribution < 1.29 is 4.42 Å². The maximum Gasteiger partial charge on any atom is 0.135 e. The second kappa shape index (κ2) is 13.6. The number of hydrogen-bond donors (Lipinski definition) is 0. The van der Waals surface area contributed by atoms with Gasteiger partial charge in [-0.1, -0.05) is 149 Å². The van der Waals surface area contributed by atoms with Crippen LogP contribution in [0.5, 0.6) is 0 Å². The predicted octanol–water partition coefficient (Wildman–Crippen LogP) is 16.3. The van der Waals surface area contributed by atoms with Crippen molar-refractivity contribution in [1.29, 1.82) is 0 Å². The van der Waals surface area contributed by atoms with E-state index in [0.717, 1.165) is 40.6 Å². The summed E-state index contributed by atoms with van der Waals surface area (Å²) >= 11 is 0. The van der Waals surface area contributed by atoms with Crippen molar-refractivity contribution in [3.8, 4) is 33.4 Å². The third-order valence-corrected chi connectivity index (χ3v) is 14.1. The Morgan fingerprint density at radius 3 is 1.92 bits per heavy atom. The van der Waals surface area contributed by atoms with Crippen LogP contribution in [0, 0.1) is 5.92 Å². The summed E-state index contributed by atoms with van der Waals surface area (Å²) in [4.78, 5) is 2.45. The lowest BCUT2D eigenvalue weighted by Gasteiger charge is -2.30. The van der Waals surface area contributed by atoms with E-state index in [1.54, 1.807) is 0 Å². The van der Waals surface area contributed by atoms with Crippen molar-refractivity contribution in [3.05, 3.63) is 187 Å². The van der Waals surface area contributed by atoms with Crippen molar-refractivity contribution in [2.24, 2.45) is 5.92 Å². The van der Waals surface area contributed by atoms with E-state index in [9.17, 15) is 0 Å². The van der Waals surface area contributed by atoms with Crippen LogP contribution in [0.25, 0.3) is 66.1 Å². The van der Waals surface area contributed by atoms with Gasteiger partial charge in [0.05, 0.1) is 0 Å². The molecule has 2 atom stereocenters. The van der Waals surface area contributed by atoms with Gasteiger partial charge in [-0.3, -0.25) is 0 Å². The van der Waals surface area contributed by atoms with E-state index >= 15 is 0 Å². The average Bonchev–Trinajstić information content (AvgIpc) is 3.93. The Morgan fingerprint density at radius 1 is 0.542 bits per heavy atom. The molecular weight excluding hydrogens is 715 g/mol. The molecule has 11 rings (SSSR count). The largest absolute Gasteiger partial charge is 0.456 e. The molecule has 0 radical (unpaired) electrons. The Balaban J connectivity index is 1.09. The molecule has 8 aromatic carbocycles. The van der Waals surface area contributed by atoms with Crippen molar-refractivity contribution in [2.75, 3.05) is 4.90 Å². The first-order valence-corrected chi connectivity index (χ1v) is 21.5. The lowest BCUT2D eigenvalue weighted by molar-refractivity contribution is 0.411. The van der Waals surface area contributed by atoms with Crippen molar-refractivity contribution in [3.63, 3.8) is 0 Å². The third kappa shape index (κ3) is 5.60. The molecule has 1 heterocycles. The van der Waals surface area contributed by atoms with E-state index < -0.39 is 0 Å². The normalized spacial score (nSPS) is 18.1. The van der Waals surface area contributed by atoms with Crippen LogP contribution in [0.4, 0.5) is 17.1 Å². The van der Waals surface area contributed by atoms with Gasteiger partial charge in [-0.25, -0.2) is 0 Å². The maximum absolute atomic E-state index is 6.66. The molecule has 2 nitrogen and oxygen atoms in total. The fourth-order valence-corrected chi connectivity index (χ4v) is 11.1. The molecule has 0 bridgehead atoms. The smallest absolute Gasteiger partial charge is 0.135 e. The molecule has 2 aliphatic rings. The Hall–Kier alpha value is -6.38. The Kier molecular flexibility index (Phi) is 8.24. The molecule has 1 saturated carbocycles. The molecule has 0 amide bonds. The Bertz CT molecular complexity index is 3050. The molecule has 0 N–H and O–H groups in total. The standard InChI is InChI=1S/C57H49NO/c1-5-57(33-32-37(2)36-57)50-22-13-23-53-55(50)48-34-42(29-31-52(48)59-53)58(43-28-30-47-46-18-9-10-21-49(46)56(3,4)51(47)35-43)41-26-24-39(25-27-41)45-20-12-17-40-16-11-19-44(54(40)45)38-14-7-6-8-15-38/h6-31,34-35,37H,5,32-33,36H2,1-4H3. The molecule has 2 heteroatoms. The fraction of sp³-hybridized carbons (Fsp3) is 0.193. The fourth-order valence-electron chi connectivity index (χ4n) is 11.1. The van der Waals surface area contributed by atoms with Gasteiger partial charge in [0.25, 0.3) is 0 Å². The first-order chi connectivity index (χ1) is 28.8. The van der Waals surface area contributed by atoms with Gasteiger partial charge in [0.15, 0.2) is 0 Å². The van der Waals surface area contributed by atoms with Gasteiger partial charge >= 0.3 is 0 Å². The monoisotopic (exact) mass is 763 g/mol. The molecule has 59 heavy (non-hydrogen) atoms. The highest BCUT2D eigenvalue weighted by Gasteiger charge is 2.39. The van der Waals surface area contributed by atoms with Crippen LogP contribution in [0.15, 0.2) is 174 Å². The highest BCUT2D eigenvalue weighted by Crippen LogP contribution is 2.53. The Labute approximate surface area is 347 Å². The van der Waals surface area contributed by atoms with Gasteiger partial charge in [0.2, 0.25) is 0 Å². The van der Waals surface area contributed by atoms with Crippen LogP contribution >= 0.6 is 0 Å². The zero-order valence-corrected chi connectivity index (χ0v) is 34.4. The van der Waals surface area contributed by atoms with Gasteiger partial charge in [0.1, 0.15) is 11.2 Å². The lowest BCUT2D eigenvalue weighted by atomic mass is 9.74. The number of anilines is 3. The molecule has 288 valence electrons. The van der Waals surface area contributed by atoms with E-state index in [2.05, 4.69) is 202 Å². The molecule has 0 spiro atoms. The van der Waals surface area contributed by atoms with Crippen molar-refractivity contribution in [2.45, 2.75) is 64.2 Å². The second-order valence-corrected chi connectivity index (χ2v) is 17.8. The van der Waals surface area contributed by atoms with Crippen molar-refractivity contribution >= 4 is 49.8 Å². The number of benzene rings is 8. The summed E-state index contributed by atoms with van der Waals surface area (Å²) < 4.78 is 6.66. The maximum atomic E-state index is 6.66. The van der Waals surface area contributed by atoms with Crippen LogP contribution in [-0.2, 0) is 10.8 Å². The summed E-state index contributed by atoms with van der Waals surface area (Å²) in [5.41, 5.74) is 17.2. The predicted molar refractivity (Wildman–Crippen MR) is 249 cm³/mol. The van der Waals surface area contributed by atoms with Crippen LogP contribution in [0.3, 0.4) is 0 Å². The summed E-state index contributed by atoms with van der Waals surface area (Å²) in [6.07, 6.45) is 4.87. The molecular formula is C57H49NO. The molecule has 9 aromatic rings. The topological polar surface area (TPSA) is 16.4 Å². The van der Waals surface area contributed by atoms with Gasteiger partial charge in [-0.2, -0.15) is 0 Å². The quantitative estimate of drug-likeness (QED) is 0.161. The number of fused-ring (bicyclic) bond motifs is 7. The molecule has 2 unspecified atom stereocenters. The molecule has 0 saturated heterocycles. The summed E-state index contributed by atoms with van der Waals surface area (Å²) in [5.74, 6) is 0.728. The summed E-state index contributed by atoms with van der Waals surface area (Å²) in [7, 11) is 0. The first kappa shape index (κ1) is 35.8. The minimum Gasteiger partial charge on any atom is -0.456 e. The summed E-state index contributed by atoms with van der Waals surface area (Å²) in [6, 6.07) is 62.9. The van der Waals surface area contributed by atoms with Gasteiger partial charge < -0.3 is 9.32 Å². The highest BCUT2D eigenvalue weighted by atomic mass is 16.3. The average molecular weight is 764 g/mol. The minimum atomic E-state index is -0.116. The summed E-state index contributed by atoms with van der Waals surface area (Å²) in [5, 5.41) is 5.00. The van der Waals surface area contributed by atoms with E-state index in [4.69, 9.17) is 4.42 Å². The molecule has 0 aliphatic heterocycles. The van der Waals surface area contributed by atoms with Crippen molar-refractivity contribution in [1.82, 2.24) is 0 Å². The second-order valence-electron chi connectivity index (χ2n) is 17.8. The molecule has 1 aromatic heterocycles. The van der Waals surface area contributed by atoms with Gasteiger partial charge in [-0.15, -0.1) is 0 Å². The van der Waals surface area contributed by atoms with E-state index in [0.29, 0.717) is 0 Å². The number of hydrogen-bond acceptors (Lipinski definition) is 2. The first-order valence-electron chi connectivity index (χ1n) is 21.5. The molecule has 2 aliphatic carbocycles. The van der Waals surface area contributed by atoms with Crippen LogP contribution < -0.4 is 4.90 Å². The zero-order valence-electron chi connectivity index (χ0n) is 34.4. The minimum absolute atomic E-state index is 0.116.